The van der Waals surface area contributed by atoms with Crippen molar-refractivity contribution in [1.29, 1.82) is 0 Å². The summed E-state index contributed by atoms with van der Waals surface area (Å²) in [5.41, 5.74) is 8.35. The molecule has 0 aliphatic heterocycles. The topological polar surface area (TPSA) is 40.8 Å². The Morgan fingerprint density at radius 1 is 0.806 bits per heavy atom. The maximum Gasteiger partial charge on any atom is 0.231 e. The van der Waals surface area contributed by atoms with Crippen LogP contribution in [0.15, 0.2) is 83.5 Å². The van der Waals surface area contributed by atoms with Crippen LogP contribution in [0, 0.1) is 13.8 Å². The second kappa shape index (κ2) is 6.51. The van der Waals surface area contributed by atoms with Crippen LogP contribution in [0.3, 0.4) is 0 Å². The molecule has 0 aliphatic rings. The van der Waals surface area contributed by atoms with Crippen LogP contribution in [0.2, 0.25) is 0 Å². The number of aryl methyl sites for hydroxylation is 2. The predicted octanol–water partition coefficient (Wildman–Crippen LogP) is 6.18. The molecule has 31 heavy (non-hydrogen) atoms. The van der Waals surface area contributed by atoms with Gasteiger partial charge in [-0.2, -0.15) is 4.98 Å². The van der Waals surface area contributed by atoms with E-state index in [9.17, 15) is 0 Å². The van der Waals surface area contributed by atoms with Crippen molar-refractivity contribution in [3.63, 3.8) is 0 Å². The van der Waals surface area contributed by atoms with Crippen molar-refractivity contribution in [3.8, 4) is 22.8 Å². The van der Waals surface area contributed by atoms with Gasteiger partial charge in [0.2, 0.25) is 5.89 Å². The van der Waals surface area contributed by atoms with Gasteiger partial charge >= 0.3 is 0 Å². The van der Waals surface area contributed by atoms with Crippen molar-refractivity contribution >= 4 is 22.1 Å². The van der Waals surface area contributed by atoms with E-state index in [2.05, 4.69) is 101 Å². The van der Waals surface area contributed by atoms with Gasteiger partial charge in [0.15, 0.2) is 11.2 Å². The van der Waals surface area contributed by atoms with Crippen LogP contribution >= 0.6 is 0 Å². The molecule has 0 bridgehead atoms. The summed E-state index contributed by atoms with van der Waals surface area (Å²) in [4.78, 5) is 4.93. The van der Waals surface area contributed by atoms with Crippen LogP contribution in [0.1, 0.15) is 11.4 Å². The van der Waals surface area contributed by atoms with E-state index in [-0.39, 0.29) is 0 Å². The van der Waals surface area contributed by atoms with Crippen molar-refractivity contribution in [2.75, 3.05) is 0 Å². The molecule has 0 radical (unpaired) electrons. The molecule has 0 spiro atoms. The van der Waals surface area contributed by atoms with E-state index in [4.69, 9.17) is 9.40 Å². The highest BCUT2D eigenvalue weighted by molar-refractivity contribution is 5.97. The van der Waals surface area contributed by atoms with Crippen molar-refractivity contribution < 1.29 is 4.42 Å². The van der Waals surface area contributed by atoms with Gasteiger partial charge in [0.05, 0.1) is 5.56 Å². The van der Waals surface area contributed by atoms with Crippen LogP contribution in [0.5, 0.6) is 0 Å². The van der Waals surface area contributed by atoms with Gasteiger partial charge < -0.3 is 13.6 Å². The molecule has 4 aromatic heterocycles. The fourth-order valence-corrected chi connectivity index (χ4v) is 4.47. The molecule has 152 valence electrons. The number of fused-ring (bicyclic) bond motifs is 2. The molecule has 0 unspecified atom stereocenters. The number of hydrogen-bond acceptors (Lipinski definition) is 2. The maximum absolute atomic E-state index is 6.23. The highest BCUT2D eigenvalue weighted by Crippen LogP contribution is 2.35. The fourth-order valence-electron chi connectivity index (χ4n) is 4.47. The number of nitrogens with zero attached hydrogens (tertiary/aromatic N) is 4. The van der Waals surface area contributed by atoms with Gasteiger partial charge in [-0.1, -0.05) is 24.3 Å². The summed E-state index contributed by atoms with van der Waals surface area (Å²) < 4.78 is 12.7. The van der Waals surface area contributed by atoms with E-state index >= 15 is 0 Å². The first-order valence-corrected chi connectivity index (χ1v) is 10.4. The van der Waals surface area contributed by atoms with Gasteiger partial charge in [0.1, 0.15) is 0 Å². The Kier molecular flexibility index (Phi) is 3.74. The largest absolute Gasteiger partial charge is 0.434 e. The monoisotopic (exact) mass is 406 g/mol. The third-order valence-corrected chi connectivity index (χ3v) is 6.19. The normalized spacial score (nSPS) is 11.7. The van der Waals surface area contributed by atoms with E-state index in [1.54, 1.807) is 0 Å². The van der Waals surface area contributed by atoms with Crippen molar-refractivity contribution in [2.24, 2.45) is 7.05 Å². The average molecular weight is 406 g/mol. The second-order valence-electron chi connectivity index (χ2n) is 7.97. The van der Waals surface area contributed by atoms with E-state index in [1.807, 2.05) is 12.3 Å². The van der Waals surface area contributed by atoms with Crippen LogP contribution in [-0.2, 0) is 7.05 Å². The highest BCUT2D eigenvalue weighted by atomic mass is 16.3. The van der Waals surface area contributed by atoms with Gasteiger partial charge in [-0.3, -0.25) is 4.57 Å². The number of para-hydroxylation sites is 1. The van der Waals surface area contributed by atoms with Crippen LogP contribution < -0.4 is 0 Å². The fraction of sp³-hybridized carbons (Fsp3) is 0.115. The van der Waals surface area contributed by atoms with E-state index in [1.165, 1.54) is 11.2 Å². The zero-order valence-electron chi connectivity index (χ0n) is 17.7. The zero-order valence-corrected chi connectivity index (χ0v) is 17.7. The quantitative estimate of drug-likeness (QED) is 0.352. The van der Waals surface area contributed by atoms with Gasteiger partial charge in [-0.15, -0.1) is 0 Å². The standard InChI is InChI=1S/C26H22N4O/c1-17-8-7-14-29(17)19-9-6-10-20(16-19)30-15-13-23-25(30)27-26(31-23)24-18(2)28(3)22-12-5-4-11-21(22)24/h4-16H,1-3H3. The molecule has 5 heteroatoms. The lowest BCUT2D eigenvalue weighted by atomic mass is 10.1. The minimum Gasteiger partial charge on any atom is -0.434 e. The van der Waals surface area contributed by atoms with Crippen molar-refractivity contribution in [3.05, 3.63) is 90.5 Å². The van der Waals surface area contributed by atoms with Gasteiger partial charge in [0.25, 0.3) is 0 Å². The lowest BCUT2D eigenvalue weighted by molar-refractivity contribution is 0.619. The number of benzene rings is 2. The third-order valence-electron chi connectivity index (χ3n) is 6.19. The van der Waals surface area contributed by atoms with E-state index in [0.29, 0.717) is 5.89 Å². The first-order chi connectivity index (χ1) is 15.1. The summed E-state index contributed by atoms with van der Waals surface area (Å²) in [7, 11) is 2.08. The van der Waals surface area contributed by atoms with Crippen LogP contribution in [0.4, 0.5) is 0 Å². The third kappa shape index (κ3) is 2.60. The first kappa shape index (κ1) is 17.8. The summed E-state index contributed by atoms with van der Waals surface area (Å²) in [6.07, 6.45) is 4.10. The van der Waals surface area contributed by atoms with Gasteiger partial charge in [-0.05, 0) is 50.2 Å². The number of aromatic nitrogens is 4. The average Bonchev–Trinajstić information content (AvgIpc) is 3.53. The van der Waals surface area contributed by atoms with E-state index in [0.717, 1.165) is 39.2 Å². The smallest absolute Gasteiger partial charge is 0.231 e. The summed E-state index contributed by atoms with van der Waals surface area (Å²) in [6, 6.07) is 23.0. The molecule has 0 atom stereocenters. The maximum atomic E-state index is 6.23. The lowest BCUT2D eigenvalue weighted by Gasteiger charge is -2.09. The SMILES string of the molecule is Cc1cccn1-c1cccc(-n2ccc3oc(-c4c(C)n(C)c5ccccc45)nc32)c1. The Morgan fingerprint density at radius 3 is 2.42 bits per heavy atom. The molecular formula is C26H22N4O. The Balaban J connectivity index is 1.51. The number of oxazole rings is 1. The summed E-state index contributed by atoms with van der Waals surface area (Å²) in [6.45, 7) is 4.22. The zero-order chi connectivity index (χ0) is 21.1. The molecule has 2 aromatic carbocycles. The predicted molar refractivity (Wildman–Crippen MR) is 124 cm³/mol. The molecule has 6 rings (SSSR count). The molecule has 5 nitrogen and oxygen atoms in total. The Bertz CT molecular complexity index is 1570. The highest BCUT2D eigenvalue weighted by Gasteiger charge is 2.20. The molecule has 0 saturated heterocycles. The van der Waals surface area contributed by atoms with Crippen LogP contribution in [0.25, 0.3) is 45.0 Å². The molecule has 0 amide bonds. The lowest BCUT2D eigenvalue weighted by Crippen LogP contribution is -1.98. The molecule has 0 aliphatic carbocycles. The Morgan fingerprint density at radius 2 is 1.61 bits per heavy atom. The summed E-state index contributed by atoms with van der Waals surface area (Å²) in [5, 5.41) is 1.16. The van der Waals surface area contributed by atoms with Crippen LogP contribution in [-0.4, -0.2) is 18.7 Å². The molecule has 0 N–H and O–H groups in total. The number of hydrogen-bond donors (Lipinski definition) is 0. The Hall–Kier alpha value is -3.99. The molecule has 4 heterocycles. The minimum absolute atomic E-state index is 0.658. The minimum atomic E-state index is 0.658. The van der Waals surface area contributed by atoms with Gasteiger partial charge in [0, 0.05) is 59.2 Å². The summed E-state index contributed by atoms with van der Waals surface area (Å²) >= 11 is 0. The Labute approximate surface area is 179 Å². The summed E-state index contributed by atoms with van der Waals surface area (Å²) in [5.74, 6) is 0.658. The first-order valence-electron chi connectivity index (χ1n) is 10.4. The van der Waals surface area contributed by atoms with Crippen molar-refractivity contribution in [1.82, 2.24) is 18.7 Å². The van der Waals surface area contributed by atoms with E-state index < -0.39 is 0 Å². The molecule has 0 fully saturated rings. The van der Waals surface area contributed by atoms with Crippen molar-refractivity contribution in [2.45, 2.75) is 13.8 Å². The molecule has 0 saturated carbocycles. The molecule has 6 aromatic rings. The molecular weight excluding hydrogens is 384 g/mol. The number of rotatable bonds is 3. The second-order valence-corrected chi connectivity index (χ2v) is 7.97. The van der Waals surface area contributed by atoms with Gasteiger partial charge in [-0.25, -0.2) is 0 Å².